The number of thiazole rings is 1. The van der Waals surface area contributed by atoms with Crippen LogP contribution >= 0.6 is 11.3 Å². The number of aromatic nitrogens is 1. The monoisotopic (exact) mass is 305 g/mol. The summed E-state index contributed by atoms with van der Waals surface area (Å²) in [7, 11) is 0. The van der Waals surface area contributed by atoms with Crippen molar-refractivity contribution in [2.75, 3.05) is 18.5 Å². The molecule has 110 valence electrons. The van der Waals surface area contributed by atoms with Crippen LogP contribution in [0.3, 0.4) is 0 Å². The highest BCUT2D eigenvalue weighted by atomic mass is 32.1. The standard InChI is InChI=1S/C14H15N3O3S/c1-9-11(13(20)15-7-8-18)21-14(16-9)17-12(19)10-5-3-2-4-6-10/h2-6,18H,7-8H2,1H3,(H,15,20)(H,16,17,19). The maximum Gasteiger partial charge on any atom is 0.263 e. The van der Waals surface area contributed by atoms with E-state index < -0.39 is 0 Å². The number of aliphatic hydroxyl groups is 1. The molecule has 0 unspecified atom stereocenters. The summed E-state index contributed by atoms with van der Waals surface area (Å²) in [6, 6.07) is 8.77. The Hall–Kier alpha value is -2.25. The van der Waals surface area contributed by atoms with Crippen LogP contribution in [0.25, 0.3) is 0 Å². The zero-order chi connectivity index (χ0) is 15.2. The summed E-state index contributed by atoms with van der Waals surface area (Å²) in [5.41, 5.74) is 1.07. The van der Waals surface area contributed by atoms with Gasteiger partial charge < -0.3 is 10.4 Å². The summed E-state index contributed by atoms with van der Waals surface area (Å²) >= 11 is 1.10. The molecule has 0 fully saturated rings. The summed E-state index contributed by atoms with van der Waals surface area (Å²) in [6.07, 6.45) is 0. The Balaban J connectivity index is 2.08. The first-order valence-corrected chi connectivity index (χ1v) is 7.16. The van der Waals surface area contributed by atoms with E-state index in [4.69, 9.17) is 5.11 Å². The average Bonchev–Trinajstić information content (AvgIpc) is 2.86. The lowest BCUT2D eigenvalue weighted by Gasteiger charge is -2.01. The van der Waals surface area contributed by atoms with Gasteiger partial charge in [-0.3, -0.25) is 14.9 Å². The van der Waals surface area contributed by atoms with Crippen molar-refractivity contribution >= 4 is 28.3 Å². The van der Waals surface area contributed by atoms with Gasteiger partial charge in [0.2, 0.25) is 0 Å². The lowest BCUT2D eigenvalue weighted by molar-refractivity contribution is 0.0947. The topological polar surface area (TPSA) is 91.3 Å². The molecule has 0 spiro atoms. The molecule has 1 aromatic carbocycles. The molecule has 0 radical (unpaired) electrons. The van der Waals surface area contributed by atoms with Gasteiger partial charge in [0, 0.05) is 12.1 Å². The molecule has 2 rings (SSSR count). The van der Waals surface area contributed by atoms with E-state index in [1.165, 1.54) is 0 Å². The van der Waals surface area contributed by atoms with Crippen molar-refractivity contribution in [1.29, 1.82) is 0 Å². The number of nitrogens with one attached hydrogen (secondary N) is 2. The minimum absolute atomic E-state index is 0.124. The molecule has 3 N–H and O–H groups in total. The van der Waals surface area contributed by atoms with E-state index in [-0.39, 0.29) is 25.0 Å². The number of anilines is 1. The van der Waals surface area contributed by atoms with Crippen LogP contribution < -0.4 is 10.6 Å². The summed E-state index contributed by atoms with van der Waals surface area (Å²) < 4.78 is 0. The van der Waals surface area contributed by atoms with Gasteiger partial charge in [0.1, 0.15) is 4.88 Å². The van der Waals surface area contributed by atoms with E-state index >= 15 is 0 Å². The van der Waals surface area contributed by atoms with Crippen LogP contribution in [-0.2, 0) is 0 Å². The van der Waals surface area contributed by atoms with Gasteiger partial charge in [0.05, 0.1) is 12.3 Å². The molecule has 0 aliphatic heterocycles. The minimum atomic E-state index is -0.306. The van der Waals surface area contributed by atoms with Gasteiger partial charge in [-0.25, -0.2) is 4.98 Å². The van der Waals surface area contributed by atoms with Gasteiger partial charge in [-0.15, -0.1) is 0 Å². The summed E-state index contributed by atoms with van der Waals surface area (Å²) in [4.78, 5) is 28.4. The first-order chi connectivity index (χ1) is 10.1. The SMILES string of the molecule is Cc1nc(NC(=O)c2ccccc2)sc1C(=O)NCCO. The van der Waals surface area contributed by atoms with Gasteiger partial charge in [-0.2, -0.15) is 0 Å². The Morgan fingerprint density at radius 2 is 1.95 bits per heavy atom. The van der Waals surface area contributed by atoms with Crippen molar-refractivity contribution in [3.05, 3.63) is 46.5 Å². The molecule has 0 saturated carbocycles. The highest BCUT2D eigenvalue weighted by Gasteiger charge is 2.16. The van der Waals surface area contributed by atoms with Crippen molar-refractivity contribution in [2.24, 2.45) is 0 Å². The number of benzene rings is 1. The maximum atomic E-state index is 12.0. The zero-order valence-corrected chi connectivity index (χ0v) is 12.2. The van der Waals surface area contributed by atoms with Crippen LogP contribution in [0.5, 0.6) is 0 Å². The first kappa shape index (κ1) is 15.1. The molecule has 0 saturated heterocycles. The molecule has 6 nitrogen and oxygen atoms in total. The lowest BCUT2D eigenvalue weighted by Crippen LogP contribution is -2.26. The fraction of sp³-hybridized carbons (Fsp3) is 0.214. The maximum absolute atomic E-state index is 12.0. The Labute approximate surface area is 125 Å². The molecule has 7 heteroatoms. The quantitative estimate of drug-likeness (QED) is 0.779. The number of hydrogen-bond donors (Lipinski definition) is 3. The lowest BCUT2D eigenvalue weighted by atomic mass is 10.2. The largest absolute Gasteiger partial charge is 0.395 e. The third-order valence-corrected chi connectivity index (χ3v) is 3.73. The normalized spacial score (nSPS) is 10.2. The second kappa shape index (κ2) is 6.96. The number of carbonyl (C=O) groups excluding carboxylic acids is 2. The molecule has 1 heterocycles. The molecule has 0 aliphatic rings. The predicted octanol–water partition coefficient (Wildman–Crippen LogP) is 1.43. The molecule has 2 amide bonds. The first-order valence-electron chi connectivity index (χ1n) is 6.34. The van der Waals surface area contributed by atoms with Crippen LogP contribution in [0, 0.1) is 6.92 Å². The van der Waals surface area contributed by atoms with Crippen molar-refractivity contribution in [1.82, 2.24) is 10.3 Å². The van der Waals surface area contributed by atoms with Gasteiger partial charge in [0.25, 0.3) is 11.8 Å². The number of rotatable bonds is 5. The third-order valence-electron chi connectivity index (χ3n) is 2.66. The molecule has 0 atom stereocenters. The summed E-state index contributed by atoms with van der Waals surface area (Å²) in [5.74, 6) is -0.578. The van der Waals surface area contributed by atoms with E-state index in [1.807, 2.05) is 6.07 Å². The number of hydrogen-bond acceptors (Lipinski definition) is 5. The van der Waals surface area contributed by atoms with Crippen LogP contribution in [0.4, 0.5) is 5.13 Å². The van der Waals surface area contributed by atoms with E-state index in [9.17, 15) is 9.59 Å². The number of aryl methyl sites for hydroxylation is 1. The number of nitrogens with zero attached hydrogens (tertiary/aromatic N) is 1. The second-order valence-corrected chi connectivity index (χ2v) is 5.23. The van der Waals surface area contributed by atoms with Gasteiger partial charge in [0.15, 0.2) is 5.13 Å². The second-order valence-electron chi connectivity index (χ2n) is 4.23. The van der Waals surface area contributed by atoms with Crippen molar-refractivity contribution in [2.45, 2.75) is 6.92 Å². The Morgan fingerprint density at radius 3 is 2.62 bits per heavy atom. The highest BCUT2D eigenvalue weighted by Crippen LogP contribution is 2.22. The minimum Gasteiger partial charge on any atom is -0.395 e. The number of amides is 2. The number of carbonyl (C=O) groups is 2. The summed E-state index contributed by atoms with van der Waals surface area (Å²) in [6.45, 7) is 1.76. The third kappa shape index (κ3) is 3.87. The van der Waals surface area contributed by atoms with E-state index in [0.29, 0.717) is 21.3 Å². The van der Waals surface area contributed by atoms with E-state index in [0.717, 1.165) is 11.3 Å². The molecule has 2 aromatic rings. The Morgan fingerprint density at radius 1 is 1.24 bits per heavy atom. The highest BCUT2D eigenvalue weighted by molar-refractivity contribution is 7.17. The van der Waals surface area contributed by atoms with Gasteiger partial charge in [-0.05, 0) is 19.1 Å². The molecule has 0 bridgehead atoms. The van der Waals surface area contributed by atoms with E-state index in [2.05, 4.69) is 15.6 Å². The van der Waals surface area contributed by atoms with E-state index in [1.54, 1.807) is 31.2 Å². The molecular weight excluding hydrogens is 290 g/mol. The van der Waals surface area contributed by atoms with Crippen LogP contribution in [0.1, 0.15) is 25.7 Å². The Kier molecular flexibility index (Phi) is 5.02. The van der Waals surface area contributed by atoms with Crippen LogP contribution in [-0.4, -0.2) is 35.1 Å². The van der Waals surface area contributed by atoms with Gasteiger partial charge >= 0.3 is 0 Å². The average molecular weight is 305 g/mol. The molecule has 21 heavy (non-hydrogen) atoms. The van der Waals surface area contributed by atoms with Crippen LogP contribution in [0.2, 0.25) is 0 Å². The Bertz CT molecular complexity index is 640. The fourth-order valence-electron chi connectivity index (χ4n) is 1.67. The number of aliphatic hydroxyl groups excluding tert-OH is 1. The summed E-state index contributed by atoms with van der Waals surface area (Å²) in [5, 5.41) is 14.3. The van der Waals surface area contributed by atoms with Crippen molar-refractivity contribution in [3.63, 3.8) is 0 Å². The predicted molar refractivity (Wildman–Crippen MR) is 80.7 cm³/mol. The molecule has 0 aliphatic carbocycles. The smallest absolute Gasteiger partial charge is 0.263 e. The molecule has 1 aromatic heterocycles. The van der Waals surface area contributed by atoms with Crippen LogP contribution in [0.15, 0.2) is 30.3 Å². The van der Waals surface area contributed by atoms with Gasteiger partial charge in [-0.1, -0.05) is 29.5 Å². The fourth-order valence-corrected chi connectivity index (χ4v) is 2.55. The zero-order valence-electron chi connectivity index (χ0n) is 11.4. The van der Waals surface area contributed by atoms with Crippen molar-refractivity contribution in [3.8, 4) is 0 Å². The molecular formula is C14H15N3O3S. The van der Waals surface area contributed by atoms with Crippen molar-refractivity contribution < 1.29 is 14.7 Å².